The first-order valence-electron chi connectivity index (χ1n) is 4.14. The monoisotopic (exact) mass is 171 g/mol. The highest BCUT2D eigenvalue weighted by molar-refractivity contribution is 5.80. The fourth-order valence-corrected chi connectivity index (χ4v) is 0.816. The van der Waals surface area contributed by atoms with E-state index in [4.69, 9.17) is 0 Å². The van der Waals surface area contributed by atoms with E-state index >= 15 is 0 Å². The van der Waals surface area contributed by atoms with Gasteiger partial charge in [0, 0.05) is 19.9 Å². The molecule has 0 aliphatic heterocycles. The fraction of sp³-hybridized carbons (Fsp3) is 0.750. The Balaban J connectivity index is 3.96. The summed E-state index contributed by atoms with van der Waals surface area (Å²) in [5, 5.41) is 1.21. The Morgan fingerprint density at radius 2 is 1.92 bits per heavy atom. The first-order valence-corrected chi connectivity index (χ1v) is 4.14. The summed E-state index contributed by atoms with van der Waals surface area (Å²) in [5.74, 6) is -0.420. The molecule has 4 heteroatoms. The molecule has 0 spiro atoms. The van der Waals surface area contributed by atoms with Crippen LogP contribution in [0.2, 0.25) is 0 Å². The third-order valence-corrected chi connectivity index (χ3v) is 1.31. The van der Waals surface area contributed by atoms with Crippen LogP contribution in [-0.2, 0) is 9.59 Å². The van der Waals surface area contributed by atoms with E-state index in [2.05, 4.69) is 5.43 Å². The van der Waals surface area contributed by atoms with Crippen LogP contribution in [0.4, 0.5) is 0 Å². The molecular weight excluding hydrogens is 156 g/mol. The lowest BCUT2D eigenvalue weighted by atomic mass is 10.3. The minimum Gasteiger partial charge on any atom is -0.273 e. The quantitative estimate of drug-likeness (QED) is 0.587. The average molecular weight is 171 g/mol. The van der Waals surface area contributed by atoms with Gasteiger partial charge < -0.3 is 0 Å². The molecular formula is C8H15N2O2. The SMILES string of the molecule is CCCC(=O)N(CC)[N]C(C)=O. The molecule has 1 radical (unpaired) electrons. The van der Waals surface area contributed by atoms with E-state index in [0.29, 0.717) is 13.0 Å². The number of hydrogen-bond acceptors (Lipinski definition) is 2. The molecule has 0 saturated carbocycles. The van der Waals surface area contributed by atoms with E-state index < -0.39 is 0 Å². The van der Waals surface area contributed by atoms with Crippen LogP contribution in [0.25, 0.3) is 0 Å². The highest BCUT2D eigenvalue weighted by Gasteiger charge is 2.12. The van der Waals surface area contributed by atoms with Gasteiger partial charge in [-0.3, -0.25) is 9.59 Å². The van der Waals surface area contributed by atoms with Crippen molar-refractivity contribution in [2.45, 2.75) is 33.6 Å². The molecule has 4 nitrogen and oxygen atoms in total. The van der Waals surface area contributed by atoms with Gasteiger partial charge in [-0.2, -0.15) is 0 Å². The second-order valence-electron chi connectivity index (χ2n) is 2.48. The zero-order chi connectivity index (χ0) is 9.56. The topological polar surface area (TPSA) is 51.5 Å². The van der Waals surface area contributed by atoms with Crippen LogP contribution in [0.1, 0.15) is 33.6 Å². The lowest BCUT2D eigenvalue weighted by Gasteiger charge is -2.16. The third kappa shape index (κ3) is 3.95. The van der Waals surface area contributed by atoms with Gasteiger partial charge in [0.05, 0.1) is 0 Å². The maximum Gasteiger partial charge on any atom is 0.259 e. The maximum atomic E-state index is 11.2. The standard InChI is InChI=1S/C8H15N2O2/c1-4-6-8(12)10(5-2)9-7(3)11/h4-6H2,1-3H3. The van der Waals surface area contributed by atoms with Gasteiger partial charge in [0.1, 0.15) is 0 Å². The number of carbonyl (C=O) groups excluding carboxylic acids is 2. The van der Waals surface area contributed by atoms with Crippen molar-refractivity contribution in [1.82, 2.24) is 10.4 Å². The van der Waals surface area contributed by atoms with Crippen molar-refractivity contribution >= 4 is 11.8 Å². The number of carbonyl (C=O) groups is 2. The Kier molecular flexibility index (Phi) is 5.08. The normalized spacial score (nSPS) is 9.25. The summed E-state index contributed by atoms with van der Waals surface area (Å²) in [5.41, 5.74) is 3.56. The lowest BCUT2D eigenvalue weighted by Crippen LogP contribution is -2.39. The van der Waals surface area contributed by atoms with Crippen molar-refractivity contribution < 1.29 is 9.59 Å². The van der Waals surface area contributed by atoms with Crippen LogP contribution in [0.3, 0.4) is 0 Å². The summed E-state index contributed by atoms with van der Waals surface area (Å²) >= 11 is 0. The number of rotatable bonds is 3. The van der Waals surface area contributed by atoms with E-state index in [0.717, 1.165) is 6.42 Å². The van der Waals surface area contributed by atoms with Gasteiger partial charge >= 0.3 is 0 Å². The molecule has 0 atom stereocenters. The predicted octanol–water partition coefficient (Wildman–Crippen LogP) is 0.701. The molecule has 12 heavy (non-hydrogen) atoms. The number of amides is 2. The third-order valence-electron chi connectivity index (χ3n) is 1.31. The predicted molar refractivity (Wildman–Crippen MR) is 45.1 cm³/mol. The van der Waals surface area contributed by atoms with Gasteiger partial charge in [-0.15, -0.1) is 5.43 Å². The van der Waals surface area contributed by atoms with E-state index in [1.165, 1.54) is 11.9 Å². The van der Waals surface area contributed by atoms with E-state index in [-0.39, 0.29) is 11.8 Å². The molecule has 0 bridgehead atoms. The fourth-order valence-electron chi connectivity index (χ4n) is 0.816. The van der Waals surface area contributed by atoms with Gasteiger partial charge in [-0.1, -0.05) is 6.92 Å². The molecule has 2 amide bonds. The maximum absolute atomic E-state index is 11.2. The van der Waals surface area contributed by atoms with Gasteiger partial charge in [-0.25, -0.2) is 5.01 Å². The van der Waals surface area contributed by atoms with E-state index in [1.807, 2.05) is 6.92 Å². The Bertz CT molecular complexity index is 168. The average Bonchev–Trinajstić information content (AvgIpc) is 2.00. The first kappa shape index (κ1) is 10.9. The van der Waals surface area contributed by atoms with Gasteiger partial charge in [0.25, 0.3) is 5.91 Å². The molecule has 69 valence electrons. The van der Waals surface area contributed by atoms with E-state index in [9.17, 15) is 9.59 Å². The zero-order valence-electron chi connectivity index (χ0n) is 7.83. The molecule has 0 rings (SSSR count). The smallest absolute Gasteiger partial charge is 0.259 e. The summed E-state index contributed by atoms with van der Waals surface area (Å²) in [6.07, 6.45) is 1.23. The van der Waals surface area contributed by atoms with Crippen molar-refractivity contribution in [3.63, 3.8) is 0 Å². The van der Waals surface area contributed by atoms with Crippen LogP contribution in [0.5, 0.6) is 0 Å². The lowest BCUT2D eigenvalue weighted by molar-refractivity contribution is -0.141. The van der Waals surface area contributed by atoms with Gasteiger partial charge in [-0.05, 0) is 13.3 Å². The van der Waals surface area contributed by atoms with Gasteiger partial charge in [0.15, 0.2) is 0 Å². The van der Waals surface area contributed by atoms with Crippen LogP contribution in [0.15, 0.2) is 0 Å². The van der Waals surface area contributed by atoms with E-state index in [1.54, 1.807) is 6.92 Å². The zero-order valence-corrected chi connectivity index (χ0v) is 7.83. The van der Waals surface area contributed by atoms with Crippen molar-refractivity contribution in [2.24, 2.45) is 0 Å². The molecule has 0 aromatic carbocycles. The highest BCUT2D eigenvalue weighted by atomic mass is 16.2. The second-order valence-corrected chi connectivity index (χ2v) is 2.48. The molecule has 0 aromatic rings. The van der Waals surface area contributed by atoms with Crippen molar-refractivity contribution in [3.05, 3.63) is 0 Å². The Morgan fingerprint density at radius 1 is 1.33 bits per heavy atom. The van der Waals surface area contributed by atoms with Crippen LogP contribution >= 0.6 is 0 Å². The molecule has 0 aromatic heterocycles. The highest BCUT2D eigenvalue weighted by Crippen LogP contribution is 1.94. The Labute approximate surface area is 72.9 Å². The minimum atomic E-state index is -0.332. The van der Waals surface area contributed by atoms with Crippen LogP contribution < -0.4 is 5.43 Å². The minimum absolute atomic E-state index is 0.0878. The summed E-state index contributed by atoms with van der Waals surface area (Å²) in [7, 11) is 0. The summed E-state index contributed by atoms with van der Waals surface area (Å²) in [6.45, 7) is 5.50. The Hall–Kier alpha value is -1.06. The molecule has 0 fully saturated rings. The Morgan fingerprint density at radius 3 is 2.25 bits per heavy atom. The molecule has 0 saturated heterocycles. The molecule has 0 aliphatic rings. The summed E-state index contributed by atoms with van der Waals surface area (Å²) in [6, 6.07) is 0. The van der Waals surface area contributed by atoms with Crippen LogP contribution in [0, 0.1) is 0 Å². The number of hydrogen-bond donors (Lipinski definition) is 0. The molecule has 0 aliphatic carbocycles. The molecule has 0 heterocycles. The summed E-state index contributed by atoms with van der Waals surface area (Å²) in [4.78, 5) is 21.8. The van der Waals surface area contributed by atoms with Crippen molar-refractivity contribution in [2.75, 3.05) is 6.54 Å². The number of nitrogens with zero attached hydrogens (tertiary/aromatic N) is 2. The van der Waals surface area contributed by atoms with Gasteiger partial charge in [0.2, 0.25) is 5.91 Å². The largest absolute Gasteiger partial charge is 0.273 e. The summed E-state index contributed by atoms with van der Waals surface area (Å²) < 4.78 is 0. The second kappa shape index (κ2) is 5.57. The van der Waals surface area contributed by atoms with Crippen LogP contribution in [-0.4, -0.2) is 23.4 Å². The van der Waals surface area contributed by atoms with Crippen molar-refractivity contribution in [1.29, 1.82) is 0 Å². The van der Waals surface area contributed by atoms with Crippen molar-refractivity contribution in [3.8, 4) is 0 Å². The molecule has 0 N–H and O–H groups in total. The first-order chi connectivity index (χ1) is 5.61. The molecule has 0 unspecified atom stereocenters.